The summed E-state index contributed by atoms with van der Waals surface area (Å²) in [4.78, 5) is 10.1. The van der Waals surface area contributed by atoms with Crippen molar-refractivity contribution in [3.8, 4) is 0 Å². The first-order valence-corrected chi connectivity index (χ1v) is 11.7. The second kappa shape index (κ2) is 8.86. The molecule has 0 saturated carbocycles. The van der Waals surface area contributed by atoms with Crippen LogP contribution in [0, 0.1) is 0 Å². The Kier molecular flexibility index (Phi) is 6.17. The van der Waals surface area contributed by atoms with Crippen LogP contribution in [0.1, 0.15) is 83.0 Å². The molecule has 0 amide bonds. The fraction of sp³-hybridized carbons (Fsp3) is 0.481. The van der Waals surface area contributed by atoms with E-state index in [1.807, 2.05) is 12.1 Å². The van der Waals surface area contributed by atoms with Crippen LogP contribution in [-0.4, -0.2) is 23.0 Å². The predicted octanol–water partition coefficient (Wildman–Crippen LogP) is 6.83. The molecule has 2 aliphatic heterocycles. The molecule has 4 heteroatoms. The summed E-state index contributed by atoms with van der Waals surface area (Å²) in [5.74, 6) is 1.48. The minimum Gasteiger partial charge on any atom is -0.471 e. The Morgan fingerprint density at radius 2 is 0.968 bits per heavy atom. The van der Waals surface area contributed by atoms with Gasteiger partial charge in [0.1, 0.15) is 23.3 Å². The molecule has 2 heterocycles. The van der Waals surface area contributed by atoms with Gasteiger partial charge in [0.2, 0.25) is 0 Å². The van der Waals surface area contributed by atoms with Crippen LogP contribution in [-0.2, 0) is 9.47 Å². The van der Waals surface area contributed by atoms with Crippen LogP contribution in [0.4, 0.5) is 0 Å². The number of hydrogen-bond donors (Lipinski definition) is 0. The Morgan fingerprint density at radius 3 is 1.29 bits per heavy atom. The lowest BCUT2D eigenvalue weighted by Gasteiger charge is -2.32. The van der Waals surface area contributed by atoms with Gasteiger partial charge >= 0.3 is 0 Å². The van der Waals surface area contributed by atoms with E-state index in [1.165, 1.54) is 11.1 Å². The number of rotatable bonds is 8. The highest BCUT2D eigenvalue weighted by molar-refractivity contribution is 5.99. The van der Waals surface area contributed by atoms with Gasteiger partial charge in [-0.05, 0) is 36.8 Å². The van der Waals surface area contributed by atoms with Crippen LogP contribution in [0.3, 0.4) is 0 Å². The van der Waals surface area contributed by atoms with Crippen LogP contribution in [0.2, 0.25) is 0 Å². The van der Waals surface area contributed by atoms with Gasteiger partial charge in [0, 0.05) is 0 Å². The van der Waals surface area contributed by atoms with Crippen molar-refractivity contribution in [2.45, 2.75) is 83.1 Å². The van der Waals surface area contributed by atoms with Gasteiger partial charge < -0.3 is 9.47 Å². The molecule has 164 valence electrons. The zero-order valence-corrected chi connectivity index (χ0v) is 19.2. The zero-order valence-electron chi connectivity index (χ0n) is 19.2. The van der Waals surface area contributed by atoms with E-state index in [1.54, 1.807) is 0 Å². The van der Waals surface area contributed by atoms with Crippen molar-refractivity contribution in [3.63, 3.8) is 0 Å². The van der Waals surface area contributed by atoms with Crippen LogP contribution in [0.15, 0.2) is 70.6 Å². The summed E-state index contributed by atoms with van der Waals surface area (Å²) in [6, 6.07) is 21.0. The molecule has 0 aromatic heterocycles. The van der Waals surface area contributed by atoms with Crippen molar-refractivity contribution in [1.82, 2.24) is 0 Å². The monoisotopic (exact) mass is 418 g/mol. The average Bonchev–Trinajstić information content (AvgIpc) is 3.39. The third-order valence-electron chi connectivity index (χ3n) is 7.11. The van der Waals surface area contributed by atoms with Crippen LogP contribution < -0.4 is 0 Å². The molecule has 0 unspecified atom stereocenters. The van der Waals surface area contributed by atoms with Gasteiger partial charge in [0.05, 0.1) is 6.42 Å². The Hall–Kier alpha value is -2.62. The molecule has 0 spiro atoms. The standard InChI is InChI=1S/C27H34N2O2/c1-5-26(6-2)24(20-15-11-9-12-16-20)28-22(30-26)19-23-29-25(21-17-13-10-14-18-21)27(7-3,8-4)31-23/h9-18,24-25H,5-8,19H2,1-4H3/t24-,25-/m1/s1. The van der Waals surface area contributed by atoms with Gasteiger partial charge in [-0.15, -0.1) is 0 Å². The van der Waals surface area contributed by atoms with Crippen LogP contribution >= 0.6 is 0 Å². The quantitative estimate of drug-likeness (QED) is 0.471. The molecule has 31 heavy (non-hydrogen) atoms. The van der Waals surface area contributed by atoms with E-state index in [4.69, 9.17) is 19.5 Å². The summed E-state index contributed by atoms with van der Waals surface area (Å²) >= 11 is 0. The van der Waals surface area contributed by atoms with Crippen molar-refractivity contribution in [2.24, 2.45) is 9.98 Å². The van der Waals surface area contributed by atoms with E-state index in [0.29, 0.717) is 6.42 Å². The van der Waals surface area contributed by atoms with Gasteiger partial charge in [-0.3, -0.25) is 0 Å². The summed E-state index contributed by atoms with van der Waals surface area (Å²) in [5, 5.41) is 0. The maximum absolute atomic E-state index is 6.54. The number of hydrogen-bond acceptors (Lipinski definition) is 4. The molecule has 0 saturated heterocycles. The number of aliphatic imine (C=N–C) groups is 2. The minimum absolute atomic E-state index is 0.00716. The molecule has 4 nitrogen and oxygen atoms in total. The van der Waals surface area contributed by atoms with Gasteiger partial charge in [-0.1, -0.05) is 88.4 Å². The van der Waals surface area contributed by atoms with Gasteiger partial charge in [-0.2, -0.15) is 0 Å². The van der Waals surface area contributed by atoms with E-state index in [-0.39, 0.29) is 23.3 Å². The molecule has 2 aliphatic rings. The van der Waals surface area contributed by atoms with Gasteiger partial charge in [-0.25, -0.2) is 9.98 Å². The van der Waals surface area contributed by atoms with Crippen molar-refractivity contribution >= 4 is 11.8 Å². The lowest BCUT2D eigenvalue weighted by atomic mass is 9.85. The highest BCUT2D eigenvalue weighted by atomic mass is 16.5. The second-order valence-corrected chi connectivity index (χ2v) is 8.60. The number of benzene rings is 2. The summed E-state index contributed by atoms with van der Waals surface area (Å²) in [6.45, 7) is 8.75. The lowest BCUT2D eigenvalue weighted by molar-refractivity contribution is 0.0388. The highest BCUT2D eigenvalue weighted by Gasteiger charge is 2.48. The Bertz CT molecular complexity index is 851. The van der Waals surface area contributed by atoms with E-state index in [9.17, 15) is 0 Å². The fourth-order valence-electron chi connectivity index (χ4n) is 5.04. The molecule has 2 aromatic carbocycles. The van der Waals surface area contributed by atoms with Crippen molar-refractivity contribution in [1.29, 1.82) is 0 Å². The van der Waals surface area contributed by atoms with E-state index < -0.39 is 0 Å². The minimum atomic E-state index is -0.304. The average molecular weight is 419 g/mol. The third kappa shape index (κ3) is 3.88. The first kappa shape index (κ1) is 21.6. The number of nitrogens with zero attached hydrogens (tertiary/aromatic N) is 2. The van der Waals surface area contributed by atoms with Crippen molar-refractivity contribution in [3.05, 3.63) is 71.8 Å². The maximum atomic E-state index is 6.54. The second-order valence-electron chi connectivity index (χ2n) is 8.60. The molecular weight excluding hydrogens is 384 g/mol. The molecular formula is C27H34N2O2. The van der Waals surface area contributed by atoms with Crippen molar-refractivity contribution in [2.75, 3.05) is 0 Å². The molecule has 0 fully saturated rings. The largest absolute Gasteiger partial charge is 0.471 e. The Morgan fingerprint density at radius 1 is 0.613 bits per heavy atom. The zero-order chi connectivity index (χ0) is 21.9. The first-order chi connectivity index (χ1) is 15.1. The fourth-order valence-corrected chi connectivity index (χ4v) is 5.04. The highest BCUT2D eigenvalue weighted by Crippen LogP contribution is 2.46. The van der Waals surface area contributed by atoms with E-state index in [2.05, 4.69) is 76.2 Å². The summed E-state index contributed by atoms with van der Waals surface area (Å²) < 4.78 is 13.1. The molecule has 0 N–H and O–H groups in total. The molecule has 0 radical (unpaired) electrons. The topological polar surface area (TPSA) is 43.2 Å². The Labute approximate surface area is 186 Å². The summed E-state index contributed by atoms with van der Waals surface area (Å²) in [6.07, 6.45) is 4.14. The van der Waals surface area contributed by atoms with Crippen molar-refractivity contribution < 1.29 is 9.47 Å². The number of ether oxygens (including phenoxy) is 2. The molecule has 4 rings (SSSR count). The third-order valence-corrected chi connectivity index (χ3v) is 7.11. The molecule has 0 bridgehead atoms. The van der Waals surface area contributed by atoms with Crippen LogP contribution in [0.5, 0.6) is 0 Å². The van der Waals surface area contributed by atoms with E-state index in [0.717, 1.165) is 37.5 Å². The SMILES string of the molecule is CCC1(CC)OC(CC2=N[C@H](c3ccccc3)C(CC)(CC)O2)=N[C@@H]1c1ccccc1. The van der Waals surface area contributed by atoms with Gasteiger partial charge in [0.25, 0.3) is 0 Å². The maximum Gasteiger partial charge on any atom is 0.194 e. The Balaban J connectivity index is 1.62. The molecule has 2 aromatic rings. The van der Waals surface area contributed by atoms with Crippen LogP contribution in [0.25, 0.3) is 0 Å². The smallest absolute Gasteiger partial charge is 0.194 e. The van der Waals surface area contributed by atoms with Gasteiger partial charge in [0.15, 0.2) is 11.8 Å². The molecule has 0 aliphatic carbocycles. The van der Waals surface area contributed by atoms with E-state index >= 15 is 0 Å². The molecule has 2 atom stereocenters. The summed E-state index contributed by atoms with van der Waals surface area (Å²) in [7, 11) is 0. The first-order valence-electron chi connectivity index (χ1n) is 11.7. The predicted molar refractivity (Wildman–Crippen MR) is 127 cm³/mol. The normalized spacial score (nSPS) is 23.6. The summed E-state index contributed by atoms with van der Waals surface area (Å²) in [5.41, 5.74) is 1.80. The lowest BCUT2D eigenvalue weighted by Crippen LogP contribution is -2.35.